The highest BCUT2D eigenvalue weighted by atomic mass is 19.1. The molecule has 15 heavy (non-hydrogen) atoms. The van der Waals surface area contributed by atoms with E-state index in [1.54, 1.807) is 0 Å². The van der Waals surface area contributed by atoms with Crippen LogP contribution in [0.2, 0.25) is 0 Å². The molecule has 0 saturated carbocycles. The number of fused-ring (bicyclic) bond motifs is 1. The molecule has 0 saturated heterocycles. The van der Waals surface area contributed by atoms with Gasteiger partial charge in [-0.05, 0) is 18.2 Å². The molecule has 1 aromatic carbocycles. The fourth-order valence-corrected chi connectivity index (χ4v) is 1.40. The molecule has 0 aliphatic heterocycles. The SMILES string of the molecule is COc1cc(C=O)c2cc(F)ccc2n1. The van der Waals surface area contributed by atoms with Crippen LogP contribution < -0.4 is 4.74 Å². The van der Waals surface area contributed by atoms with Gasteiger partial charge in [0, 0.05) is 17.0 Å². The molecule has 0 N–H and O–H groups in total. The topological polar surface area (TPSA) is 39.2 Å². The third-order valence-corrected chi connectivity index (χ3v) is 2.12. The Labute approximate surface area is 85.5 Å². The quantitative estimate of drug-likeness (QED) is 0.705. The molecule has 2 aromatic rings. The predicted octanol–water partition coefficient (Wildman–Crippen LogP) is 2.20. The number of pyridine rings is 1. The summed E-state index contributed by atoms with van der Waals surface area (Å²) < 4.78 is 17.9. The summed E-state index contributed by atoms with van der Waals surface area (Å²) in [6.45, 7) is 0. The van der Waals surface area contributed by atoms with Gasteiger partial charge in [-0.2, -0.15) is 0 Å². The zero-order valence-corrected chi connectivity index (χ0v) is 8.03. The number of aldehydes is 1. The first-order valence-electron chi connectivity index (χ1n) is 4.34. The van der Waals surface area contributed by atoms with Gasteiger partial charge in [0.05, 0.1) is 12.6 Å². The second-order valence-corrected chi connectivity index (χ2v) is 3.03. The maximum Gasteiger partial charge on any atom is 0.214 e. The summed E-state index contributed by atoms with van der Waals surface area (Å²) in [4.78, 5) is 14.9. The molecule has 0 aliphatic rings. The number of carbonyl (C=O) groups is 1. The number of methoxy groups -OCH3 is 1. The Bertz CT molecular complexity index is 525. The van der Waals surface area contributed by atoms with E-state index < -0.39 is 5.82 Å². The molecule has 3 nitrogen and oxygen atoms in total. The van der Waals surface area contributed by atoms with E-state index in [0.717, 1.165) is 0 Å². The highest BCUT2D eigenvalue weighted by molar-refractivity contribution is 5.96. The van der Waals surface area contributed by atoms with Crippen LogP contribution in [0.4, 0.5) is 4.39 Å². The third-order valence-electron chi connectivity index (χ3n) is 2.12. The van der Waals surface area contributed by atoms with Crippen molar-refractivity contribution in [1.29, 1.82) is 0 Å². The number of benzene rings is 1. The van der Waals surface area contributed by atoms with E-state index in [9.17, 15) is 9.18 Å². The summed E-state index contributed by atoms with van der Waals surface area (Å²) in [5, 5.41) is 0.491. The van der Waals surface area contributed by atoms with Crippen molar-refractivity contribution in [3.8, 4) is 5.88 Å². The van der Waals surface area contributed by atoms with Crippen LogP contribution in [-0.4, -0.2) is 18.4 Å². The number of rotatable bonds is 2. The Kier molecular flexibility index (Phi) is 2.33. The maximum atomic E-state index is 13.0. The number of halogens is 1. The predicted molar refractivity (Wildman–Crippen MR) is 53.6 cm³/mol. The van der Waals surface area contributed by atoms with Crippen molar-refractivity contribution in [2.75, 3.05) is 7.11 Å². The number of hydrogen-bond donors (Lipinski definition) is 0. The van der Waals surface area contributed by atoms with E-state index in [-0.39, 0.29) is 0 Å². The fourth-order valence-electron chi connectivity index (χ4n) is 1.40. The zero-order chi connectivity index (χ0) is 10.8. The standard InChI is InChI=1S/C11H8FNO2/c1-15-11-4-7(6-14)9-5-8(12)2-3-10(9)13-11/h2-6H,1H3. The van der Waals surface area contributed by atoms with Crippen molar-refractivity contribution in [3.63, 3.8) is 0 Å². The highest BCUT2D eigenvalue weighted by Crippen LogP contribution is 2.21. The highest BCUT2D eigenvalue weighted by Gasteiger charge is 2.06. The molecule has 0 aliphatic carbocycles. The average Bonchev–Trinajstić information content (AvgIpc) is 2.27. The van der Waals surface area contributed by atoms with Crippen LogP contribution in [0.25, 0.3) is 10.9 Å². The number of aromatic nitrogens is 1. The van der Waals surface area contributed by atoms with Crippen molar-refractivity contribution < 1.29 is 13.9 Å². The lowest BCUT2D eigenvalue weighted by Crippen LogP contribution is -1.93. The molecule has 1 aromatic heterocycles. The second-order valence-electron chi connectivity index (χ2n) is 3.03. The van der Waals surface area contributed by atoms with Crippen molar-refractivity contribution in [2.24, 2.45) is 0 Å². The summed E-state index contributed by atoms with van der Waals surface area (Å²) in [5.74, 6) is -0.0474. The summed E-state index contributed by atoms with van der Waals surface area (Å²) in [6.07, 6.45) is 0.659. The van der Waals surface area contributed by atoms with E-state index in [1.165, 1.54) is 31.4 Å². The molecule has 0 atom stereocenters. The Morgan fingerprint density at radius 3 is 2.87 bits per heavy atom. The minimum Gasteiger partial charge on any atom is -0.481 e. The summed E-state index contributed by atoms with van der Waals surface area (Å²) in [5.41, 5.74) is 0.911. The van der Waals surface area contributed by atoms with E-state index in [2.05, 4.69) is 4.98 Å². The molecular formula is C11H8FNO2. The molecule has 2 rings (SSSR count). The van der Waals surface area contributed by atoms with Crippen molar-refractivity contribution in [3.05, 3.63) is 35.6 Å². The van der Waals surface area contributed by atoms with Gasteiger partial charge in [0.1, 0.15) is 5.82 Å². The number of nitrogens with zero attached hydrogens (tertiary/aromatic N) is 1. The Morgan fingerprint density at radius 2 is 2.20 bits per heavy atom. The summed E-state index contributed by atoms with van der Waals surface area (Å²) in [7, 11) is 1.46. The Morgan fingerprint density at radius 1 is 1.40 bits per heavy atom. The first kappa shape index (κ1) is 9.58. The first-order valence-corrected chi connectivity index (χ1v) is 4.34. The molecule has 0 amide bonds. The molecule has 0 fully saturated rings. The molecule has 4 heteroatoms. The molecule has 0 bridgehead atoms. The largest absolute Gasteiger partial charge is 0.481 e. The van der Waals surface area contributed by atoms with Gasteiger partial charge < -0.3 is 4.74 Å². The minimum atomic E-state index is -0.391. The minimum absolute atomic E-state index is 0.344. The molecular weight excluding hydrogens is 197 g/mol. The lowest BCUT2D eigenvalue weighted by molar-refractivity contribution is 0.112. The molecule has 76 valence electrons. The first-order chi connectivity index (χ1) is 7.24. The summed E-state index contributed by atoms with van der Waals surface area (Å²) >= 11 is 0. The van der Waals surface area contributed by atoms with Crippen molar-refractivity contribution in [2.45, 2.75) is 0 Å². The van der Waals surface area contributed by atoms with Gasteiger partial charge in [-0.1, -0.05) is 0 Å². The lowest BCUT2D eigenvalue weighted by atomic mass is 10.1. The van der Waals surface area contributed by atoms with Gasteiger partial charge in [-0.25, -0.2) is 9.37 Å². The molecule has 1 heterocycles. The van der Waals surface area contributed by atoms with Crippen LogP contribution in [-0.2, 0) is 0 Å². The zero-order valence-electron chi connectivity index (χ0n) is 8.03. The van der Waals surface area contributed by atoms with Gasteiger partial charge in [-0.15, -0.1) is 0 Å². The monoisotopic (exact) mass is 205 g/mol. The third kappa shape index (κ3) is 1.66. The maximum absolute atomic E-state index is 13.0. The smallest absolute Gasteiger partial charge is 0.214 e. The van der Waals surface area contributed by atoms with E-state index in [0.29, 0.717) is 28.6 Å². The van der Waals surface area contributed by atoms with E-state index in [1.807, 2.05) is 0 Å². The van der Waals surface area contributed by atoms with Gasteiger partial charge in [0.15, 0.2) is 6.29 Å². The van der Waals surface area contributed by atoms with Crippen LogP contribution >= 0.6 is 0 Å². The fraction of sp³-hybridized carbons (Fsp3) is 0.0909. The van der Waals surface area contributed by atoms with Gasteiger partial charge in [0.2, 0.25) is 5.88 Å². The lowest BCUT2D eigenvalue weighted by Gasteiger charge is -2.04. The van der Waals surface area contributed by atoms with E-state index >= 15 is 0 Å². The molecule has 0 radical (unpaired) electrons. The number of carbonyl (C=O) groups excluding carboxylic acids is 1. The van der Waals surface area contributed by atoms with Crippen molar-refractivity contribution in [1.82, 2.24) is 4.98 Å². The number of ether oxygens (including phenoxy) is 1. The van der Waals surface area contributed by atoms with Crippen LogP contribution in [0.1, 0.15) is 10.4 Å². The molecule has 0 unspecified atom stereocenters. The van der Waals surface area contributed by atoms with Crippen LogP contribution in [0, 0.1) is 5.82 Å². The van der Waals surface area contributed by atoms with Crippen molar-refractivity contribution >= 4 is 17.2 Å². The Balaban J connectivity index is 2.80. The summed E-state index contributed by atoms with van der Waals surface area (Å²) in [6, 6.07) is 5.57. The average molecular weight is 205 g/mol. The molecule has 0 spiro atoms. The van der Waals surface area contributed by atoms with E-state index in [4.69, 9.17) is 4.74 Å². The van der Waals surface area contributed by atoms with Gasteiger partial charge in [0.25, 0.3) is 0 Å². The van der Waals surface area contributed by atoms with Crippen LogP contribution in [0.15, 0.2) is 24.3 Å². The van der Waals surface area contributed by atoms with Gasteiger partial charge in [-0.3, -0.25) is 4.79 Å². The Hall–Kier alpha value is -1.97. The van der Waals surface area contributed by atoms with Crippen LogP contribution in [0.3, 0.4) is 0 Å². The second kappa shape index (κ2) is 3.65. The van der Waals surface area contributed by atoms with Crippen LogP contribution in [0.5, 0.6) is 5.88 Å². The van der Waals surface area contributed by atoms with Gasteiger partial charge >= 0.3 is 0 Å². The normalized spacial score (nSPS) is 10.3. The number of hydrogen-bond acceptors (Lipinski definition) is 3.